The van der Waals surface area contributed by atoms with Gasteiger partial charge in [0.2, 0.25) is 0 Å². The van der Waals surface area contributed by atoms with E-state index in [0.29, 0.717) is 0 Å². The Bertz CT molecular complexity index is 455. The largest absolute Gasteiger partial charge is 0.478 e. The smallest absolute Gasteiger partial charge is 0.336 e. The quantitative estimate of drug-likeness (QED) is 0.713. The van der Waals surface area contributed by atoms with Crippen LogP contribution in [0.1, 0.15) is 20.7 Å². The molecule has 0 heterocycles. The van der Waals surface area contributed by atoms with Gasteiger partial charge in [-0.1, -0.05) is 0 Å². The van der Waals surface area contributed by atoms with Crippen molar-refractivity contribution in [2.24, 2.45) is 0 Å². The van der Waals surface area contributed by atoms with Gasteiger partial charge in [-0.05, 0) is 34.7 Å². The molecule has 1 aromatic rings. The fourth-order valence-electron chi connectivity index (χ4n) is 0.955. The second-order valence-electron chi connectivity index (χ2n) is 2.48. The topological polar surface area (TPSA) is 91.7 Å². The van der Waals surface area contributed by atoms with Gasteiger partial charge in [-0.25, -0.2) is 9.59 Å². The SMILES string of the molecule is O=Ic1c(C(=O)O)ccc(C(=O)O)c1I. The molecule has 15 heavy (non-hydrogen) atoms. The van der Waals surface area contributed by atoms with E-state index in [9.17, 15) is 12.7 Å². The highest BCUT2D eigenvalue weighted by Crippen LogP contribution is 2.26. The lowest BCUT2D eigenvalue weighted by molar-refractivity contribution is 0.0679. The molecule has 5 nitrogen and oxygen atoms in total. The summed E-state index contributed by atoms with van der Waals surface area (Å²) in [5.74, 6) is -2.36. The first-order valence-electron chi connectivity index (χ1n) is 3.55. The first-order chi connectivity index (χ1) is 6.99. The molecule has 0 amide bonds. The standard InChI is InChI=1S/C8H4I2O5/c9-5-3(7(11)12)1-2-4(8(13)14)6(5)10-15/h1-2H,(H,11,12)(H,13,14). The van der Waals surface area contributed by atoms with Crippen LogP contribution in [0.4, 0.5) is 0 Å². The summed E-state index contributed by atoms with van der Waals surface area (Å²) >= 11 is -0.0131. The Balaban J connectivity index is 3.52. The minimum absolute atomic E-state index is 0.0221. The van der Waals surface area contributed by atoms with Crippen molar-refractivity contribution in [3.05, 3.63) is 30.4 Å². The normalized spacial score (nSPS) is 9.93. The molecule has 0 unspecified atom stereocenters. The Morgan fingerprint density at radius 1 is 1.13 bits per heavy atom. The molecule has 7 heteroatoms. The van der Waals surface area contributed by atoms with Crippen molar-refractivity contribution >= 4 is 55.7 Å². The summed E-state index contributed by atoms with van der Waals surface area (Å²) in [6.45, 7) is 0. The van der Waals surface area contributed by atoms with Gasteiger partial charge in [0.05, 0.1) is 14.7 Å². The van der Waals surface area contributed by atoms with E-state index in [1.54, 1.807) is 22.6 Å². The van der Waals surface area contributed by atoms with E-state index in [-0.39, 0.29) is 18.3 Å². The Kier molecular flexibility index (Phi) is 4.13. The van der Waals surface area contributed by atoms with Gasteiger partial charge in [-0.3, -0.25) is 3.07 Å². The van der Waals surface area contributed by atoms with Crippen LogP contribution in [0.3, 0.4) is 0 Å². The first-order valence-corrected chi connectivity index (χ1v) is 6.59. The summed E-state index contributed by atoms with van der Waals surface area (Å²) in [5, 5.41) is 17.6. The van der Waals surface area contributed by atoms with Crippen molar-refractivity contribution in [3.8, 4) is 0 Å². The minimum Gasteiger partial charge on any atom is -0.478 e. The van der Waals surface area contributed by atoms with E-state index in [1.807, 2.05) is 0 Å². The van der Waals surface area contributed by atoms with Gasteiger partial charge < -0.3 is 10.2 Å². The molecule has 0 radical (unpaired) electrons. The van der Waals surface area contributed by atoms with Crippen LogP contribution < -0.4 is 0 Å². The summed E-state index contributed by atoms with van der Waals surface area (Å²) in [6.07, 6.45) is 0. The number of rotatable bonds is 3. The highest BCUT2D eigenvalue weighted by molar-refractivity contribution is 14.2. The van der Waals surface area contributed by atoms with Crippen LogP contribution in [0.2, 0.25) is 0 Å². The van der Waals surface area contributed by atoms with Gasteiger partial charge in [0.25, 0.3) is 0 Å². The van der Waals surface area contributed by atoms with Crippen LogP contribution in [0.5, 0.6) is 0 Å². The highest BCUT2D eigenvalue weighted by atomic mass is 127. The summed E-state index contributed by atoms with van der Waals surface area (Å²) in [4.78, 5) is 21.5. The molecule has 0 bridgehead atoms. The molecule has 0 aliphatic rings. The maximum Gasteiger partial charge on any atom is 0.336 e. The number of halogens is 2. The number of hydrogen-bond donors (Lipinski definition) is 2. The van der Waals surface area contributed by atoms with Gasteiger partial charge >= 0.3 is 11.9 Å². The molecular formula is C8H4I2O5. The molecule has 0 aliphatic carbocycles. The predicted octanol–water partition coefficient (Wildman–Crippen LogP) is 2.17. The van der Waals surface area contributed by atoms with Crippen molar-refractivity contribution in [2.45, 2.75) is 0 Å². The van der Waals surface area contributed by atoms with Crippen LogP contribution in [0, 0.1) is 7.14 Å². The van der Waals surface area contributed by atoms with Gasteiger partial charge in [-0.2, -0.15) is 0 Å². The van der Waals surface area contributed by atoms with Crippen LogP contribution in [0.25, 0.3) is 0 Å². The van der Waals surface area contributed by atoms with Gasteiger partial charge in [0.1, 0.15) is 0 Å². The molecule has 2 N–H and O–H groups in total. The minimum atomic E-state index is -1.71. The fraction of sp³-hybridized carbons (Fsp3) is 0. The van der Waals surface area contributed by atoms with Gasteiger partial charge in [0, 0.05) is 3.57 Å². The third-order valence-electron chi connectivity index (χ3n) is 1.62. The van der Waals surface area contributed by atoms with Gasteiger partial charge in [0.15, 0.2) is 21.2 Å². The van der Waals surface area contributed by atoms with Crippen molar-refractivity contribution in [1.29, 1.82) is 0 Å². The first kappa shape index (κ1) is 12.5. The Labute approximate surface area is 108 Å². The zero-order chi connectivity index (χ0) is 11.6. The molecule has 1 aromatic carbocycles. The average molecular weight is 434 g/mol. The van der Waals surface area contributed by atoms with E-state index in [4.69, 9.17) is 10.2 Å². The Morgan fingerprint density at radius 3 is 2.00 bits per heavy atom. The lowest BCUT2D eigenvalue weighted by Gasteiger charge is -2.04. The van der Waals surface area contributed by atoms with Crippen molar-refractivity contribution in [3.63, 3.8) is 0 Å². The van der Waals surface area contributed by atoms with E-state index in [0.717, 1.165) is 0 Å². The second-order valence-corrected chi connectivity index (χ2v) is 5.07. The number of benzene rings is 1. The van der Waals surface area contributed by atoms with Crippen LogP contribution in [0.15, 0.2) is 12.1 Å². The number of carbonyl (C=O) groups is 2. The van der Waals surface area contributed by atoms with Crippen LogP contribution in [-0.2, 0) is 3.07 Å². The zero-order valence-electron chi connectivity index (χ0n) is 7.03. The molecule has 80 valence electrons. The molecular weight excluding hydrogens is 430 g/mol. The second kappa shape index (κ2) is 4.96. The lowest BCUT2D eigenvalue weighted by Crippen LogP contribution is -2.07. The summed E-state index contributed by atoms with van der Waals surface area (Å²) in [6, 6.07) is 2.37. The van der Waals surface area contributed by atoms with Crippen LogP contribution in [-0.4, -0.2) is 22.2 Å². The van der Waals surface area contributed by atoms with Crippen molar-refractivity contribution < 1.29 is 22.9 Å². The molecule has 0 saturated carbocycles. The van der Waals surface area contributed by atoms with E-state index < -0.39 is 33.1 Å². The van der Waals surface area contributed by atoms with Gasteiger partial charge in [-0.15, -0.1) is 0 Å². The van der Waals surface area contributed by atoms with E-state index in [2.05, 4.69) is 0 Å². The molecule has 0 aromatic heterocycles. The third-order valence-corrected chi connectivity index (χ3v) is 5.33. The lowest BCUT2D eigenvalue weighted by atomic mass is 10.1. The van der Waals surface area contributed by atoms with Crippen molar-refractivity contribution in [1.82, 2.24) is 0 Å². The summed E-state index contributed by atoms with van der Waals surface area (Å²) in [5.41, 5.74) is -0.113. The van der Waals surface area contributed by atoms with Crippen LogP contribution >= 0.6 is 43.8 Å². The molecule has 0 fully saturated rings. The molecule has 1 rings (SSSR count). The maximum absolute atomic E-state index is 10.9. The van der Waals surface area contributed by atoms with Crippen molar-refractivity contribution in [2.75, 3.05) is 0 Å². The molecule has 0 spiro atoms. The molecule has 0 aliphatic heterocycles. The molecule has 0 saturated heterocycles. The Hall–Kier alpha value is -0.580. The highest BCUT2D eigenvalue weighted by Gasteiger charge is 2.19. The predicted molar refractivity (Wildman–Crippen MR) is 66.5 cm³/mol. The summed E-state index contributed by atoms with van der Waals surface area (Å²) in [7, 11) is 0. The number of hydrogen-bond acceptors (Lipinski definition) is 3. The number of carboxylic acid groups (broad SMARTS) is 2. The summed E-state index contributed by atoms with van der Waals surface area (Å²) < 4.78 is 11.3. The monoisotopic (exact) mass is 434 g/mol. The Morgan fingerprint density at radius 2 is 1.60 bits per heavy atom. The average Bonchev–Trinajstić information content (AvgIpc) is 2.16. The molecule has 0 atom stereocenters. The third kappa shape index (κ3) is 2.51. The van der Waals surface area contributed by atoms with E-state index >= 15 is 0 Å². The fourth-order valence-corrected chi connectivity index (χ4v) is 3.35. The zero-order valence-corrected chi connectivity index (χ0v) is 11.3. The number of aromatic carboxylic acids is 2. The number of carboxylic acids is 2. The van der Waals surface area contributed by atoms with E-state index in [1.165, 1.54) is 12.1 Å². The maximum atomic E-state index is 10.9.